The fourth-order valence-corrected chi connectivity index (χ4v) is 3.13. The van der Waals surface area contributed by atoms with Crippen molar-refractivity contribution in [2.45, 2.75) is 31.8 Å². The molecule has 0 spiro atoms. The van der Waals surface area contributed by atoms with E-state index in [0.717, 1.165) is 25.7 Å². The van der Waals surface area contributed by atoms with E-state index < -0.39 is 0 Å². The summed E-state index contributed by atoms with van der Waals surface area (Å²) in [6.07, 6.45) is 3.79. The Bertz CT molecular complexity index is 405. The Kier molecular flexibility index (Phi) is 4.60. The summed E-state index contributed by atoms with van der Waals surface area (Å²) < 4.78 is 5.12. The first-order chi connectivity index (χ1) is 8.72. The second-order valence-corrected chi connectivity index (χ2v) is 5.56. The van der Waals surface area contributed by atoms with Gasteiger partial charge in [-0.2, -0.15) is 0 Å². The largest absolute Gasteiger partial charge is 0.495 e. The van der Waals surface area contributed by atoms with E-state index in [1.165, 1.54) is 11.3 Å². The molecule has 0 bridgehead atoms. The number of hydrogen-bond acceptors (Lipinski definition) is 4. The van der Waals surface area contributed by atoms with E-state index in [9.17, 15) is 9.90 Å². The van der Waals surface area contributed by atoms with E-state index in [0.29, 0.717) is 17.2 Å². The number of hydrogen-bond donors (Lipinski definition) is 2. The van der Waals surface area contributed by atoms with Crippen molar-refractivity contribution in [2.24, 2.45) is 5.92 Å². The summed E-state index contributed by atoms with van der Waals surface area (Å²) in [6, 6.07) is 1.79. The maximum Gasteiger partial charge on any atom is 0.265 e. The van der Waals surface area contributed by atoms with E-state index in [1.54, 1.807) is 13.2 Å². The molecule has 1 heterocycles. The van der Waals surface area contributed by atoms with Gasteiger partial charge in [-0.25, -0.2) is 0 Å². The molecule has 1 aliphatic carbocycles. The van der Waals surface area contributed by atoms with Crippen molar-refractivity contribution in [1.29, 1.82) is 0 Å². The third kappa shape index (κ3) is 3.03. The zero-order chi connectivity index (χ0) is 13.0. The lowest BCUT2D eigenvalue weighted by Crippen LogP contribution is -2.36. The predicted octanol–water partition coefficient (Wildman–Crippen LogP) is 2.04. The quantitative estimate of drug-likeness (QED) is 0.879. The minimum Gasteiger partial charge on any atom is -0.495 e. The maximum atomic E-state index is 12.0. The van der Waals surface area contributed by atoms with Crippen LogP contribution in [0.3, 0.4) is 0 Å². The lowest BCUT2D eigenvalue weighted by Gasteiger charge is -2.27. The number of ether oxygens (including phenoxy) is 1. The van der Waals surface area contributed by atoms with Crippen molar-refractivity contribution < 1.29 is 14.6 Å². The molecule has 2 atom stereocenters. The van der Waals surface area contributed by atoms with Gasteiger partial charge in [0.25, 0.3) is 5.91 Å². The minimum absolute atomic E-state index is 0.111. The van der Waals surface area contributed by atoms with Gasteiger partial charge in [0.05, 0.1) is 13.2 Å². The first-order valence-corrected chi connectivity index (χ1v) is 7.18. The highest BCUT2D eigenvalue weighted by Crippen LogP contribution is 2.26. The molecule has 5 heteroatoms. The van der Waals surface area contributed by atoms with Crippen LogP contribution in [0.1, 0.15) is 35.4 Å². The molecule has 18 heavy (non-hydrogen) atoms. The molecule has 2 N–H and O–H groups in total. The molecule has 1 saturated carbocycles. The van der Waals surface area contributed by atoms with Crippen LogP contribution in [-0.4, -0.2) is 30.8 Å². The number of carbonyl (C=O) groups excluding carboxylic acids is 1. The summed E-state index contributed by atoms with van der Waals surface area (Å²) in [7, 11) is 1.56. The summed E-state index contributed by atoms with van der Waals surface area (Å²) in [5.41, 5.74) is 0. The Morgan fingerprint density at radius 2 is 2.33 bits per heavy atom. The van der Waals surface area contributed by atoms with Crippen LogP contribution in [0.2, 0.25) is 0 Å². The number of rotatable bonds is 4. The third-order valence-corrected chi connectivity index (χ3v) is 4.34. The monoisotopic (exact) mass is 269 g/mol. The standard InChI is InChI=1S/C13H19NO3S/c1-17-11-6-7-18-12(11)13(16)14-8-9-4-2-3-5-10(9)15/h6-7,9-10,15H,2-5,8H2,1H3,(H,14,16). The number of aliphatic hydroxyl groups excluding tert-OH is 1. The lowest BCUT2D eigenvalue weighted by atomic mass is 9.86. The molecular weight excluding hydrogens is 250 g/mol. The summed E-state index contributed by atoms with van der Waals surface area (Å²) in [5, 5.41) is 14.6. The van der Waals surface area contributed by atoms with Gasteiger partial charge in [-0.3, -0.25) is 4.79 Å². The number of amides is 1. The molecule has 2 rings (SSSR count). The summed E-state index contributed by atoms with van der Waals surface area (Å²) in [5.74, 6) is 0.690. The van der Waals surface area contributed by atoms with Crippen molar-refractivity contribution >= 4 is 17.2 Å². The molecule has 1 aromatic heterocycles. The first-order valence-electron chi connectivity index (χ1n) is 6.30. The molecule has 0 aromatic carbocycles. The first kappa shape index (κ1) is 13.4. The zero-order valence-corrected chi connectivity index (χ0v) is 11.3. The lowest BCUT2D eigenvalue weighted by molar-refractivity contribution is 0.0663. The van der Waals surface area contributed by atoms with Gasteiger partial charge in [0, 0.05) is 12.5 Å². The van der Waals surface area contributed by atoms with Gasteiger partial charge in [0.15, 0.2) is 0 Å². The second kappa shape index (κ2) is 6.20. The summed E-state index contributed by atoms with van der Waals surface area (Å²) in [4.78, 5) is 12.6. The van der Waals surface area contributed by atoms with Crippen LogP contribution in [0.5, 0.6) is 5.75 Å². The van der Waals surface area contributed by atoms with Crippen LogP contribution in [0.25, 0.3) is 0 Å². The molecule has 1 aromatic rings. The molecule has 1 aliphatic rings. The fourth-order valence-electron chi connectivity index (χ4n) is 2.35. The normalized spacial score (nSPS) is 23.7. The Balaban J connectivity index is 1.88. The molecule has 1 fully saturated rings. The number of nitrogens with one attached hydrogen (secondary N) is 1. The van der Waals surface area contributed by atoms with Gasteiger partial charge in [-0.15, -0.1) is 11.3 Å². The van der Waals surface area contributed by atoms with Crippen molar-refractivity contribution in [3.05, 3.63) is 16.3 Å². The molecule has 100 valence electrons. The SMILES string of the molecule is COc1ccsc1C(=O)NCC1CCCCC1O. The van der Waals surface area contributed by atoms with E-state index in [2.05, 4.69) is 5.32 Å². The van der Waals surface area contributed by atoms with Gasteiger partial charge >= 0.3 is 0 Å². The highest BCUT2D eigenvalue weighted by molar-refractivity contribution is 7.12. The summed E-state index contributed by atoms with van der Waals surface area (Å²) in [6.45, 7) is 0.543. The average Bonchev–Trinajstić information content (AvgIpc) is 2.86. The van der Waals surface area contributed by atoms with Crippen LogP contribution < -0.4 is 10.1 Å². The van der Waals surface area contributed by atoms with Crippen LogP contribution >= 0.6 is 11.3 Å². The molecule has 0 saturated heterocycles. The number of aliphatic hydroxyl groups is 1. The second-order valence-electron chi connectivity index (χ2n) is 4.64. The molecular formula is C13H19NO3S. The average molecular weight is 269 g/mol. The summed E-state index contributed by atoms with van der Waals surface area (Å²) >= 11 is 1.37. The third-order valence-electron chi connectivity index (χ3n) is 3.45. The van der Waals surface area contributed by atoms with Gasteiger partial charge < -0.3 is 15.2 Å². The van der Waals surface area contributed by atoms with E-state index in [1.807, 2.05) is 5.38 Å². The zero-order valence-electron chi connectivity index (χ0n) is 10.5. The molecule has 4 nitrogen and oxygen atoms in total. The maximum absolute atomic E-state index is 12.0. The minimum atomic E-state index is -0.274. The Morgan fingerprint density at radius 1 is 1.56 bits per heavy atom. The van der Waals surface area contributed by atoms with Gasteiger partial charge in [-0.05, 0) is 24.3 Å². The van der Waals surface area contributed by atoms with Crippen LogP contribution in [0.15, 0.2) is 11.4 Å². The van der Waals surface area contributed by atoms with E-state index in [4.69, 9.17) is 4.74 Å². The van der Waals surface area contributed by atoms with E-state index in [-0.39, 0.29) is 17.9 Å². The van der Waals surface area contributed by atoms with Gasteiger partial charge in [0.1, 0.15) is 10.6 Å². The van der Waals surface area contributed by atoms with Crippen LogP contribution in [0, 0.1) is 5.92 Å². The topological polar surface area (TPSA) is 58.6 Å². The molecule has 2 unspecified atom stereocenters. The van der Waals surface area contributed by atoms with Crippen molar-refractivity contribution in [2.75, 3.05) is 13.7 Å². The van der Waals surface area contributed by atoms with Gasteiger partial charge in [0.2, 0.25) is 0 Å². The number of carbonyl (C=O) groups is 1. The highest BCUT2D eigenvalue weighted by Gasteiger charge is 2.24. The Labute approximate surface area is 111 Å². The van der Waals surface area contributed by atoms with Crippen molar-refractivity contribution in [1.82, 2.24) is 5.32 Å². The van der Waals surface area contributed by atoms with Crippen molar-refractivity contribution in [3.8, 4) is 5.75 Å². The Morgan fingerprint density at radius 3 is 3.06 bits per heavy atom. The predicted molar refractivity (Wildman–Crippen MR) is 71.2 cm³/mol. The highest BCUT2D eigenvalue weighted by atomic mass is 32.1. The van der Waals surface area contributed by atoms with Crippen molar-refractivity contribution in [3.63, 3.8) is 0 Å². The molecule has 0 radical (unpaired) electrons. The Hall–Kier alpha value is -1.07. The molecule has 1 amide bonds. The van der Waals surface area contributed by atoms with Gasteiger partial charge in [-0.1, -0.05) is 12.8 Å². The van der Waals surface area contributed by atoms with E-state index >= 15 is 0 Å². The number of thiophene rings is 1. The smallest absolute Gasteiger partial charge is 0.265 e. The van der Waals surface area contributed by atoms with Crippen LogP contribution in [0.4, 0.5) is 0 Å². The molecule has 0 aliphatic heterocycles. The number of methoxy groups -OCH3 is 1. The fraction of sp³-hybridized carbons (Fsp3) is 0.615. The van der Waals surface area contributed by atoms with Crippen LogP contribution in [-0.2, 0) is 0 Å².